The van der Waals surface area contributed by atoms with Crippen LogP contribution in [0.3, 0.4) is 0 Å². The Bertz CT molecular complexity index is 959. The molecule has 0 saturated carbocycles. The monoisotopic (exact) mass is 392 g/mol. The van der Waals surface area contributed by atoms with E-state index in [9.17, 15) is 9.59 Å². The molecule has 0 bridgehead atoms. The van der Waals surface area contributed by atoms with Gasteiger partial charge in [0.1, 0.15) is 17.2 Å². The molecule has 29 heavy (non-hydrogen) atoms. The first-order valence-corrected chi connectivity index (χ1v) is 9.90. The summed E-state index contributed by atoms with van der Waals surface area (Å²) in [6.07, 6.45) is 2.02. The van der Waals surface area contributed by atoms with Gasteiger partial charge in [-0.25, -0.2) is 4.90 Å². The molecule has 2 heterocycles. The van der Waals surface area contributed by atoms with E-state index in [2.05, 4.69) is 0 Å². The molecule has 1 saturated heterocycles. The fourth-order valence-electron chi connectivity index (χ4n) is 3.93. The number of amides is 2. The Kier molecular flexibility index (Phi) is 5.25. The van der Waals surface area contributed by atoms with Gasteiger partial charge < -0.3 is 14.4 Å². The van der Waals surface area contributed by atoms with Gasteiger partial charge in [0.25, 0.3) is 11.8 Å². The molecule has 6 nitrogen and oxygen atoms in total. The molecule has 4 rings (SSSR count). The fourth-order valence-corrected chi connectivity index (χ4v) is 3.93. The number of methoxy groups -OCH3 is 1. The number of benzene rings is 2. The SMILES string of the molecule is CCOc1ccc(C2=C(N3CCCC3)C(=O)N(c3ccccc3OC)C2=O)cc1. The molecule has 0 spiro atoms. The number of ether oxygens (including phenoxy) is 2. The number of rotatable bonds is 6. The largest absolute Gasteiger partial charge is 0.495 e. The molecule has 150 valence electrons. The van der Waals surface area contributed by atoms with Gasteiger partial charge in [0.15, 0.2) is 0 Å². The van der Waals surface area contributed by atoms with Crippen LogP contribution in [0.4, 0.5) is 5.69 Å². The topological polar surface area (TPSA) is 59.1 Å². The second-order valence-corrected chi connectivity index (χ2v) is 6.99. The highest BCUT2D eigenvalue weighted by Crippen LogP contribution is 2.39. The van der Waals surface area contributed by atoms with Crippen LogP contribution in [0.5, 0.6) is 11.5 Å². The fraction of sp³-hybridized carbons (Fsp3) is 0.304. The minimum atomic E-state index is -0.328. The van der Waals surface area contributed by atoms with E-state index in [0.29, 0.717) is 34.9 Å². The molecule has 0 radical (unpaired) electrons. The maximum atomic E-state index is 13.5. The molecular weight excluding hydrogens is 368 g/mol. The molecular formula is C23H24N2O4. The van der Waals surface area contributed by atoms with Crippen molar-refractivity contribution in [2.45, 2.75) is 19.8 Å². The summed E-state index contributed by atoms with van der Waals surface area (Å²) in [7, 11) is 1.53. The summed E-state index contributed by atoms with van der Waals surface area (Å²) >= 11 is 0. The summed E-state index contributed by atoms with van der Waals surface area (Å²) < 4.78 is 10.9. The molecule has 0 atom stereocenters. The Morgan fingerprint density at radius 3 is 2.28 bits per heavy atom. The van der Waals surface area contributed by atoms with Gasteiger partial charge in [-0.15, -0.1) is 0 Å². The third-order valence-corrected chi connectivity index (χ3v) is 5.26. The molecule has 0 aliphatic carbocycles. The summed E-state index contributed by atoms with van der Waals surface area (Å²) in [5.41, 5.74) is 2.09. The molecule has 2 aromatic carbocycles. The average Bonchev–Trinajstić information content (AvgIpc) is 3.35. The first kappa shape index (κ1) is 19.1. The molecule has 6 heteroatoms. The van der Waals surface area contributed by atoms with Gasteiger partial charge >= 0.3 is 0 Å². The Morgan fingerprint density at radius 2 is 1.62 bits per heavy atom. The second kappa shape index (κ2) is 7.99. The quantitative estimate of drug-likeness (QED) is 0.705. The number of hydrogen-bond acceptors (Lipinski definition) is 5. The highest BCUT2D eigenvalue weighted by Gasteiger charge is 2.43. The molecule has 2 amide bonds. The average molecular weight is 392 g/mol. The predicted molar refractivity (Wildman–Crippen MR) is 111 cm³/mol. The van der Waals surface area contributed by atoms with Crippen LogP contribution in [-0.4, -0.2) is 43.5 Å². The summed E-state index contributed by atoms with van der Waals surface area (Å²) in [5, 5.41) is 0. The van der Waals surface area contributed by atoms with Crippen molar-refractivity contribution in [3.8, 4) is 11.5 Å². The van der Waals surface area contributed by atoms with E-state index in [1.807, 2.05) is 42.2 Å². The number of para-hydroxylation sites is 2. The van der Waals surface area contributed by atoms with Crippen LogP contribution in [-0.2, 0) is 9.59 Å². The second-order valence-electron chi connectivity index (χ2n) is 6.99. The van der Waals surface area contributed by atoms with Gasteiger partial charge in [-0.2, -0.15) is 0 Å². The minimum absolute atomic E-state index is 0.301. The number of nitrogens with zero attached hydrogens (tertiary/aromatic N) is 2. The zero-order valence-electron chi connectivity index (χ0n) is 16.7. The zero-order chi connectivity index (χ0) is 20.4. The number of hydrogen-bond donors (Lipinski definition) is 0. The first-order valence-electron chi connectivity index (χ1n) is 9.90. The Balaban J connectivity index is 1.80. The summed E-state index contributed by atoms with van der Waals surface area (Å²) in [6.45, 7) is 4.04. The molecule has 0 N–H and O–H groups in total. The van der Waals surface area contributed by atoms with Crippen molar-refractivity contribution in [3.05, 3.63) is 59.8 Å². The van der Waals surface area contributed by atoms with Crippen LogP contribution in [0, 0.1) is 0 Å². The van der Waals surface area contributed by atoms with Gasteiger partial charge in [0.05, 0.1) is 25.0 Å². The summed E-state index contributed by atoms with van der Waals surface area (Å²) in [6, 6.07) is 14.4. The van der Waals surface area contributed by atoms with Gasteiger partial charge in [0.2, 0.25) is 0 Å². The molecule has 0 unspecified atom stereocenters. The molecule has 2 aromatic rings. The lowest BCUT2D eigenvalue weighted by Gasteiger charge is -2.21. The summed E-state index contributed by atoms with van der Waals surface area (Å²) in [4.78, 5) is 30.2. The van der Waals surface area contributed by atoms with Crippen LogP contribution < -0.4 is 14.4 Å². The van der Waals surface area contributed by atoms with Crippen molar-refractivity contribution in [2.75, 3.05) is 31.7 Å². The van der Waals surface area contributed by atoms with Gasteiger partial charge in [0, 0.05) is 13.1 Å². The number of carbonyl (C=O) groups is 2. The number of imide groups is 1. The molecule has 1 fully saturated rings. The number of likely N-dealkylation sites (tertiary alicyclic amines) is 1. The van der Waals surface area contributed by atoms with Gasteiger partial charge in [-0.05, 0) is 49.6 Å². The Morgan fingerprint density at radius 1 is 0.931 bits per heavy atom. The van der Waals surface area contributed by atoms with Gasteiger partial charge in [-0.3, -0.25) is 9.59 Å². The highest BCUT2D eigenvalue weighted by molar-refractivity contribution is 6.45. The minimum Gasteiger partial charge on any atom is -0.495 e. The van der Waals surface area contributed by atoms with E-state index in [-0.39, 0.29) is 11.8 Å². The predicted octanol–water partition coefficient (Wildman–Crippen LogP) is 3.47. The van der Waals surface area contributed by atoms with Crippen LogP contribution in [0.1, 0.15) is 25.3 Å². The lowest BCUT2D eigenvalue weighted by Crippen LogP contribution is -2.34. The smallest absolute Gasteiger partial charge is 0.282 e. The Labute approximate surface area is 170 Å². The Hall–Kier alpha value is -3.28. The van der Waals surface area contributed by atoms with Crippen LogP contribution >= 0.6 is 0 Å². The highest BCUT2D eigenvalue weighted by atomic mass is 16.5. The van der Waals surface area contributed by atoms with Crippen molar-refractivity contribution in [1.82, 2.24) is 4.90 Å². The lowest BCUT2D eigenvalue weighted by atomic mass is 10.0. The molecule has 2 aliphatic rings. The standard InChI is InChI=1S/C23H24N2O4/c1-3-29-17-12-10-16(11-13-17)20-21(24-14-6-7-15-24)23(27)25(22(20)26)18-8-4-5-9-19(18)28-2/h4-5,8-13H,3,6-7,14-15H2,1-2H3. The number of carbonyl (C=O) groups excluding carboxylic acids is 2. The van der Waals surface area contributed by atoms with E-state index >= 15 is 0 Å². The third kappa shape index (κ3) is 3.35. The van der Waals surface area contributed by atoms with E-state index in [1.165, 1.54) is 12.0 Å². The maximum absolute atomic E-state index is 13.5. The van der Waals surface area contributed by atoms with Crippen molar-refractivity contribution in [1.29, 1.82) is 0 Å². The van der Waals surface area contributed by atoms with E-state index in [4.69, 9.17) is 9.47 Å². The first-order chi connectivity index (χ1) is 14.2. The van der Waals surface area contributed by atoms with Crippen LogP contribution in [0.2, 0.25) is 0 Å². The van der Waals surface area contributed by atoms with Crippen LogP contribution in [0.15, 0.2) is 54.2 Å². The normalized spacial score (nSPS) is 16.8. The molecule has 0 aromatic heterocycles. The van der Waals surface area contributed by atoms with E-state index in [0.717, 1.165) is 31.7 Å². The summed E-state index contributed by atoms with van der Waals surface area (Å²) in [5.74, 6) is 0.594. The van der Waals surface area contributed by atoms with Crippen LogP contribution in [0.25, 0.3) is 5.57 Å². The third-order valence-electron chi connectivity index (χ3n) is 5.26. The zero-order valence-corrected chi connectivity index (χ0v) is 16.7. The van der Waals surface area contributed by atoms with E-state index in [1.54, 1.807) is 18.2 Å². The maximum Gasteiger partial charge on any atom is 0.282 e. The van der Waals surface area contributed by atoms with Crippen molar-refractivity contribution in [2.24, 2.45) is 0 Å². The number of anilines is 1. The van der Waals surface area contributed by atoms with E-state index < -0.39 is 0 Å². The lowest BCUT2D eigenvalue weighted by molar-refractivity contribution is -0.120. The van der Waals surface area contributed by atoms with Crippen molar-refractivity contribution < 1.29 is 19.1 Å². The van der Waals surface area contributed by atoms with Crippen molar-refractivity contribution in [3.63, 3.8) is 0 Å². The van der Waals surface area contributed by atoms with Gasteiger partial charge in [-0.1, -0.05) is 24.3 Å². The van der Waals surface area contributed by atoms with Crippen molar-refractivity contribution >= 4 is 23.1 Å². The molecule has 2 aliphatic heterocycles.